The number of nitrogens with one attached hydrogen (secondary N) is 1. The molecule has 3 N–H and O–H groups in total. The lowest BCUT2D eigenvalue weighted by Gasteiger charge is -2.09. The van der Waals surface area contributed by atoms with Crippen LogP contribution in [-0.2, 0) is 13.1 Å². The molecule has 28 heavy (non-hydrogen) atoms. The van der Waals surface area contributed by atoms with Gasteiger partial charge in [0.05, 0.1) is 29.8 Å². The summed E-state index contributed by atoms with van der Waals surface area (Å²) in [4.78, 5) is 16.5. The van der Waals surface area contributed by atoms with Gasteiger partial charge >= 0.3 is 0 Å². The number of benzene rings is 1. The summed E-state index contributed by atoms with van der Waals surface area (Å²) in [5, 5.41) is 6.15. The predicted octanol–water partition coefficient (Wildman–Crippen LogP) is 4.27. The summed E-state index contributed by atoms with van der Waals surface area (Å²) in [5.41, 5.74) is 9.67. The molecule has 0 saturated heterocycles. The highest BCUT2D eigenvalue weighted by Crippen LogP contribution is 2.30. The molecule has 0 fully saturated rings. The van der Waals surface area contributed by atoms with Gasteiger partial charge in [-0.15, -0.1) is 11.3 Å². The number of rotatable bonds is 7. The lowest BCUT2D eigenvalue weighted by atomic mass is 10.2. The lowest BCUT2D eigenvalue weighted by Crippen LogP contribution is -2.12. The van der Waals surface area contributed by atoms with Gasteiger partial charge in [-0.25, -0.2) is 4.98 Å². The molecule has 0 aliphatic heterocycles. The van der Waals surface area contributed by atoms with Crippen molar-refractivity contribution in [3.05, 3.63) is 82.8 Å². The fourth-order valence-electron chi connectivity index (χ4n) is 3.12. The molecule has 4 rings (SSSR count). The Hall–Kier alpha value is -3.32. The van der Waals surface area contributed by atoms with Crippen LogP contribution in [0.3, 0.4) is 0 Å². The molecule has 0 spiro atoms. The molecule has 1 amide bonds. The number of carbonyl (C=O) groups is 1. The summed E-state index contributed by atoms with van der Waals surface area (Å²) < 4.78 is 7.49. The van der Waals surface area contributed by atoms with Crippen LogP contribution < -0.4 is 11.1 Å². The van der Waals surface area contributed by atoms with Gasteiger partial charge in [0, 0.05) is 17.6 Å². The Balaban J connectivity index is 1.62. The third kappa shape index (κ3) is 3.70. The first-order valence-corrected chi connectivity index (χ1v) is 9.76. The van der Waals surface area contributed by atoms with Crippen molar-refractivity contribution in [2.75, 3.05) is 5.32 Å². The summed E-state index contributed by atoms with van der Waals surface area (Å²) in [6, 6.07) is 15.7. The molecule has 0 unspecified atom stereocenters. The van der Waals surface area contributed by atoms with Crippen molar-refractivity contribution in [1.82, 2.24) is 9.55 Å². The Bertz CT molecular complexity index is 1080. The van der Waals surface area contributed by atoms with Crippen LogP contribution in [0.15, 0.2) is 64.6 Å². The van der Waals surface area contributed by atoms with E-state index >= 15 is 0 Å². The molecule has 6 nitrogen and oxygen atoms in total. The number of anilines is 1. The first-order valence-electron chi connectivity index (χ1n) is 8.88. The second-order valence-electron chi connectivity index (χ2n) is 6.44. The van der Waals surface area contributed by atoms with E-state index in [-0.39, 0.29) is 0 Å². The summed E-state index contributed by atoms with van der Waals surface area (Å²) in [6.07, 6.45) is 1.64. The lowest BCUT2D eigenvalue weighted by molar-refractivity contribution is 0.0999. The number of aromatic nitrogens is 2. The first kappa shape index (κ1) is 18.1. The number of thiazole rings is 1. The zero-order chi connectivity index (χ0) is 19.5. The molecule has 142 valence electrons. The molecule has 1 aromatic carbocycles. The number of amides is 1. The van der Waals surface area contributed by atoms with Crippen molar-refractivity contribution in [3.8, 4) is 11.4 Å². The van der Waals surface area contributed by atoms with E-state index in [1.54, 1.807) is 12.3 Å². The minimum atomic E-state index is -0.449. The molecular weight excluding hydrogens is 372 g/mol. The smallest absolute Gasteiger partial charge is 0.250 e. The first-order chi connectivity index (χ1) is 13.6. The topological polar surface area (TPSA) is 86.1 Å². The van der Waals surface area contributed by atoms with Crippen LogP contribution in [-0.4, -0.2) is 15.5 Å². The maximum absolute atomic E-state index is 11.8. The largest absolute Gasteiger partial charge is 0.467 e. The fraction of sp³-hybridized carbons (Fsp3) is 0.143. The average Bonchev–Trinajstić information content (AvgIpc) is 3.43. The highest BCUT2D eigenvalue weighted by molar-refractivity contribution is 7.14. The zero-order valence-electron chi connectivity index (χ0n) is 15.4. The van der Waals surface area contributed by atoms with Crippen LogP contribution >= 0.6 is 11.3 Å². The van der Waals surface area contributed by atoms with E-state index < -0.39 is 5.91 Å². The van der Waals surface area contributed by atoms with Crippen LogP contribution in [0.4, 0.5) is 5.13 Å². The second kappa shape index (κ2) is 7.74. The predicted molar refractivity (Wildman–Crippen MR) is 110 cm³/mol. The van der Waals surface area contributed by atoms with E-state index in [9.17, 15) is 4.79 Å². The highest BCUT2D eigenvalue weighted by Gasteiger charge is 2.19. The SMILES string of the molecule is Cc1c(C(N)=O)cc(-c2csc(NCc3ccccc3)n2)n1Cc1ccco1. The Morgan fingerprint density at radius 1 is 1.25 bits per heavy atom. The monoisotopic (exact) mass is 392 g/mol. The Morgan fingerprint density at radius 3 is 2.79 bits per heavy atom. The van der Waals surface area contributed by atoms with Gasteiger partial charge < -0.3 is 20.0 Å². The van der Waals surface area contributed by atoms with Crippen LogP contribution in [0.1, 0.15) is 27.4 Å². The van der Waals surface area contributed by atoms with Crippen molar-refractivity contribution in [1.29, 1.82) is 0 Å². The van der Waals surface area contributed by atoms with Gasteiger partial charge in [0.25, 0.3) is 5.91 Å². The fourth-order valence-corrected chi connectivity index (χ4v) is 3.82. The van der Waals surface area contributed by atoms with Gasteiger partial charge in [0.2, 0.25) is 0 Å². The van der Waals surface area contributed by atoms with Crippen molar-refractivity contribution < 1.29 is 9.21 Å². The molecular formula is C21H20N4O2S. The van der Waals surface area contributed by atoms with Gasteiger partial charge in [0.15, 0.2) is 5.13 Å². The van der Waals surface area contributed by atoms with Gasteiger partial charge in [0.1, 0.15) is 5.76 Å². The second-order valence-corrected chi connectivity index (χ2v) is 7.29. The number of primary amides is 1. The third-order valence-corrected chi connectivity index (χ3v) is 5.38. The van der Waals surface area contributed by atoms with Crippen molar-refractivity contribution in [2.45, 2.75) is 20.0 Å². The van der Waals surface area contributed by atoms with Crippen LogP contribution in [0.5, 0.6) is 0 Å². The molecule has 4 aromatic rings. The van der Waals surface area contributed by atoms with E-state index in [0.29, 0.717) is 18.7 Å². The number of hydrogen-bond donors (Lipinski definition) is 2. The van der Waals surface area contributed by atoms with Crippen LogP contribution in [0, 0.1) is 6.92 Å². The van der Waals surface area contributed by atoms with Gasteiger partial charge in [-0.1, -0.05) is 30.3 Å². The molecule has 0 radical (unpaired) electrons. The van der Waals surface area contributed by atoms with Gasteiger partial charge in [-0.3, -0.25) is 4.79 Å². The normalized spacial score (nSPS) is 10.9. The van der Waals surface area contributed by atoms with Crippen molar-refractivity contribution >= 4 is 22.4 Å². The number of carbonyl (C=O) groups excluding carboxylic acids is 1. The van der Waals surface area contributed by atoms with E-state index in [1.807, 2.05) is 47.2 Å². The molecule has 0 aliphatic carbocycles. The molecule has 0 saturated carbocycles. The van der Waals surface area contributed by atoms with E-state index in [0.717, 1.165) is 28.0 Å². The molecule has 0 bridgehead atoms. The summed E-state index contributed by atoms with van der Waals surface area (Å²) in [5.74, 6) is 0.350. The molecule has 7 heteroatoms. The number of furan rings is 1. The van der Waals surface area contributed by atoms with Gasteiger partial charge in [-0.2, -0.15) is 0 Å². The molecule has 0 aliphatic rings. The molecule has 3 heterocycles. The van der Waals surface area contributed by atoms with E-state index in [1.165, 1.54) is 16.9 Å². The minimum Gasteiger partial charge on any atom is -0.467 e. The molecule has 3 aromatic heterocycles. The van der Waals surface area contributed by atoms with Crippen LogP contribution in [0.25, 0.3) is 11.4 Å². The standard InChI is InChI=1S/C21H20N4O2S/c1-14-17(20(22)26)10-19(25(14)12-16-8-5-9-27-16)18-13-28-21(24-18)23-11-15-6-3-2-4-7-15/h2-10,13H,11-12H2,1H3,(H2,22,26)(H,23,24). The zero-order valence-corrected chi connectivity index (χ0v) is 16.2. The van der Waals surface area contributed by atoms with Crippen molar-refractivity contribution in [3.63, 3.8) is 0 Å². The Labute approximate surface area is 166 Å². The maximum Gasteiger partial charge on any atom is 0.250 e. The van der Waals surface area contributed by atoms with E-state index in [2.05, 4.69) is 17.4 Å². The summed E-state index contributed by atoms with van der Waals surface area (Å²) in [6.45, 7) is 3.09. The quantitative estimate of drug-likeness (QED) is 0.492. The van der Waals surface area contributed by atoms with Crippen LogP contribution in [0.2, 0.25) is 0 Å². The Kier molecular flexibility index (Phi) is 4.99. The third-order valence-electron chi connectivity index (χ3n) is 4.58. The van der Waals surface area contributed by atoms with E-state index in [4.69, 9.17) is 15.1 Å². The maximum atomic E-state index is 11.8. The summed E-state index contributed by atoms with van der Waals surface area (Å²) >= 11 is 1.53. The average molecular weight is 392 g/mol. The van der Waals surface area contributed by atoms with Crippen molar-refractivity contribution in [2.24, 2.45) is 5.73 Å². The minimum absolute atomic E-state index is 0.449. The molecule has 0 atom stereocenters. The highest BCUT2D eigenvalue weighted by atomic mass is 32.1. The Morgan fingerprint density at radius 2 is 2.07 bits per heavy atom. The van der Waals surface area contributed by atoms with Gasteiger partial charge in [-0.05, 0) is 30.7 Å². The number of hydrogen-bond acceptors (Lipinski definition) is 5. The summed E-state index contributed by atoms with van der Waals surface area (Å²) in [7, 11) is 0. The number of nitrogens with two attached hydrogens (primary N) is 1. The number of nitrogens with zero attached hydrogens (tertiary/aromatic N) is 2.